The zero-order valence-corrected chi connectivity index (χ0v) is 20.4. The van der Waals surface area contributed by atoms with Crippen LogP contribution in [-0.4, -0.2) is 92.2 Å². The van der Waals surface area contributed by atoms with E-state index < -0.39 is 0 Å². The second-order valence-corrected chi connectivity index (χ2v) is 10.2. The summed E-state index contributed by atoms with van der Waals surface area (Å²) < 4.78 is 0. The predicted octanol–water partition coefficient (Wildman–Crippen LogP) is 2.62. The molecule has 178 valence electrons. The highest BCUT2D eigenvalue weighted by Crippen LogP contribution is 2.32. The lowest BCUT2D eigenvalue weighted by molar-refractivity contribution is 0.138. The lowest BCUT2D eigenvalue weighted by atomic mass is 9.91. The number of hydrogen-bond donors (Lipinski definition) is 1. The van der Waals surface area contributed by atoms with Gasteiger partial charge >= 0.3 is 0 Å². The maximum absolute atomic E-state index is 4.76. The molecule has 6 nitrogen and oxygen atoms in total. The van der Waals surface area contributed by atoms with Crippen LogP contribution in [0.1, 0.15) is 35.7 Å². The molecule has 0 spiro atoms. The van der Waals surface area contributed by atoms with Crippen LogP contribution in [0, 0.1) is 0 Å². The van der Waals surface area contributed by atoms with Gasteiger partial charge in [-0.15, -0.1) is 0 Å². The molecule has 2 aromatic rings. The first-order chi connectivity index (χ1) is 16.2. The fraction of sp³-hybridized carbons (Fsp3) is 0.593. The monoisotopic (exact) mass is 448 g/mol. The van der Waals surface area contributed by atoms with Crippen LogP contribution in [0.5, 0.6) is 0 Å². The molecule has 33 heavy (non-hydrogen) atoms. The first-order valence-corrected chi connectivity index (χ1v) is 12.8. The van der Waals surface area contributed by atoms with Crippen molar-refractivity contribution in [2.75, 3.05) is 71.4 Å². The third-order valence-electron chi connectivity index (χ3n) is 7.77. The molecule has 1 aromatic carbocycles. The molecule has 3 heterocycles. The maximum Gasteiger partial charge on any atom is 0.0607 e. The van der Waals surface area contributed by atoms with Crippen LogP contribution in [-0.2, 0) is 13.0 Å². The van der Waals surface area contributed by atoms with Crippen LogP contribution in [0.4, 0.5) is 5.69 Å². The Morgan fingerprint density at radius 2 is 1.91 bits per heavy atom. The number of para-hydroxylation sites is 1. The fourth-order valence-electron chi connectivity index (χ4n) is 5.89. The van der Waals surface area contributed by atoms with Gasteiger partial charge in [-0.05, 0) is 56.6 Å². The molecule has 2 fully saturated rings. The summed E-state index contributed by atoms with van der Waals surface area (Å²) in [7, 11) is 4.51. The maximum atomic E-state index is 4.76. The molecule has 6 heteroatoms. The largest absolute Gasteiger partial charge is 0.369 e. The zero-order valence-electron chi connectivity index (χ0n) is 20.4. The number of fused-ring (bicyclic) bond motifs is 1. The molecule has 1 aliphatic carbocycles. The van der Waals surface area contributed by atoms with Crippen molar-refractivity contribution in [3.63, 3.8) is 0 Å². The van der Waals surface area contributed by atoms with Gasteiger partial charge in [0.15, 0.2) is 0 Å². The zero-order chi connectivity index (χ0) is 22.6. The summed E-state index contributed by atoms with van der Waals surface area (Å²) in [6.07, 6.45) is 5.62. The summed E-state index contributed by atoms with van der Waals surface area (Å²) in [5.41, 5.74) is 5.66. The number of pyridine rings is 1. The fourth-order valence-corrected chi connectivity index (χ4v) is 5.89. The Hall–Kier alpha value is -1.99. The third-order valence-corrected chi connectivity index (χ3v) is 7.77. The second kappa shape index (κ2) is 10.5. The van der Waals surface area contributed by atoms with Crippen LogP contribution >= 0.6 is 0 Å². The summed E-state index contributed by atoms with van der Waals surface area (Å²) in [4.78, 5) is 15.0. The topological polar surface area (TPSA) is 37.9 Å². The van der Waals surface area contributed by atoms with Crippen LogP contribution in [0.25, 0.3) is 0 Å². The average molecular weight is 449 g/mol. The number of hydrogen-bond acceptors (Lipinski definition) is 6. The Labute approximate surface area is 199 Å². The Kier molecular flexibility index (Phi) is 7.26. The van der Waals surface area contributed by atoms with Crippen molar-refractivity contribution in [2.45, 2.75) is 37.9 Å². The number of nitrogens with one attached hydrogen (secondary N) is 1. The number of likely N-dealkylation sites (N-methyl/N-ethyl adjacent to an activating group) is 2. The number of nitrogens with zero attached hydrogens (tertiary/aromatic N) is 5. The standard InChI is InChI=1S/C27H40N6/c1-30-15-17-33(18-16-30)25-10-4-3-7-23(25)19-32-14-13-28-24(21-32)20-31(2)26-11-5-8-22-9-6-12-29-27(22)26/h3-4,6-7,9-10,12,24,26,28H,5,8,11,13-21H2,1-2H3/t24?,26-/m0/s1. The summed E-state index contributed by atoms with van der Waals surface area (Å²) in [5, 5.41) is 3.79. The average Bonchev–Trinajstić information content (AvgIpc) is 2.85. The van der Waals surface area contributed by atoms with Crippen molar-refractivity contribution in [1.82, 2.24) is 25.0 Å². The molecule has 0 radical (unpaired) electrons. The van der Waals surface area contributed by atoms with E-state index in [0.29, 0.717) is 12.1 Å². The van der Waals surface area contributed by atoms with Gasteiger partial charge in [-0.1, -0.05) is 24.3 Å². The minimum Gasteiger partial charge on any atom is -0.369 e. The molecule has 2 aliphatic heterocycles. The summed E-state index contributed by atoms with van der Waals surface area (Å²) in [6, 6.07) is 14.4. The normalized spacial score (nSPS) is 24.8. The van der Waals surface area contributed by atoms with E-state index in [2.05, 4.69) is 75.4 Å². The lowest BCUT2D eigenvalue weighted by Gasteiger charge is -2.39. The smallest absolute Gasteiger partial charge is 0.0607 e. The number of benzene rings is 1. The van der Waals surface area contributed by atoms with Gasteiger partial charge in [0.2, 0.25) is 0 Å². The van der Waals surface area contributed by atoms with Gasteiger partial charge in [-0.2, -0.15) is 0 Å². The second-order valence-electron chi connectivity index (χ2n) is 10.2. The number of anilines is 1. The van der Waals surface area contributed by atoms with E-state index in [4.69, 9.17) is 4.98 Å². The molecule has 3 aliphatic rings. The van der Waals surface area contributed by atoms with E-state index in [-0.39, 0.29) is 0 Å². The van der Waals surface area contributed by atoms with Crippen molar-refractivity contribution < 1.29 is 0 Å². The van der Waals surface area contributed by atoms with Gasteiger partial charge < -0.3 is 15.1 Å². The van der Waals surface area contributed by atoms with Crippen LogP contribution in [0.15, 0.2) is 42.6 Å². The van der Waals surface area contributed by atoms with Crippen LogP contribution in [0.3, 0.4) is 0 Å². The van der Waals surface area contributed by atoms with Gasteiger partial charge in [0.1, 0.15) is 0 Å². The van der Waals surface area contributed by atoms with E-state index >= 15 is 0 Å². The molecule has 1 aromatic heterocycles. The summed E-state index contributed by atoms with van der Waals surface area (Å²) >= 11 is 0. The van der Waals surface area contributed by atoms with Gasteiger partial charge in [0.25, 0.3) is 0 Å². The first-order valence-electron chi connectivity index (χ1n) is 12.8. The minimum absolute atomic E-state index is 0.449. The molecule has 5 rings (SSSR count). The molecule has 2 saturated heterocycles. The Morgan fingerprint density at radius 3 is 2.79 bits per heavy atom. The summed E-state index contributed by atoms with van der Waals surface area (Å²) in [5.74, 6) is 0. The molecule has 1 N–H and O–H groups in total. The third kappa shape index (κ3) is 5.40. The molecular formula is C27H40N6. The molecule has 0 saturated carbocycles. The first kappa shape index (κ1) is 22.8. The van der Waals surface area contributed by atoms with Crippen LogP contribution < -0.4 is 10.2 Å². The summed E-state index contributed by atoms with van der Waals surface area (Å²) in [6.45, 7) is 9.93. The highest BCUT2D eigenvalue weighted by Gasteiger charge is 2.28. The van der Waals surface area contributed by atoms with Crippen molar-refractivity contribution in [1.29, 1.82) is 0 Å². The lowest BCUT2D eigenvalue weighted by Crippen LogP contribution is -2.54. The van der Waals surface area contributed by atoms with Crippen molar-refractivity contribution >= 4 is 5.69 Å². The number of aromatic nitrogens is 1. The van der Waals surface area contributed by atoms with Crippen LogP contribution in [0.2, 0.25) is 0 Å². The number of rotatable bonds is 6. The number of piperazine rings is 2. The van der Waals surface area contributed by atoms with E-state index in [1.807, 2.05) is 6.20 Å². The quantitative estimate of drug-likeness (QED) is 0.732. The van der Waals surface area contributed by atoms with Gasteiger partial charge in [0, 0.05) is 76.8 Å². The van der Waals surface area contributed by atoms with Crippen molar-refractivity contribution in [3.8, 4) is 0 Å². The van der Waals surface area contributed by atoms with Crippen molar-refractivity contribution in [3.05, 3.63) is 59.4 Å². The molecule has 0 amide bonds. The highest BCUT2D eigenvalue weighted by atomic mass is 15.3. The molecule has 2 atom stereocenters. The van der Waals surface area contributed by atoms with Gasteiger partial charge in [0.05, 0.1) is 11.7 Å². The highest BCUT2D eigenvalue weighted by molar-refractivity contribution is 5.54. The SMILES string of the molecule is CN1CCN(c2ccccc2CN2CCNC(CN(C)[C@H]3CCCc4cccnc43)C2)CC1. The van der Waals surface area contributed by atoms with E-state index in [1.54, 1.807) is 0 Å². The Morgan fingerprint density at radius 1 is 1.06 bits per heavy atom. The van der Waals surface area contributed by atoms with Gasteiger partial charge in [-0.3, -0.25) is 14.8 Å². The predicted molar refractivity (Wildman–Crippen MR) is 136 cm³/mol. The van der Waals surface area contributed by atoms with E-state index in [0.717, 1.165) is 58.9 Å². The minimum atomic E-state index is 0.449. The van der Waals surface area contributed by atoms with E-state index in [1.165, 1.54) is 41.8 Å². The number of aryl methyl sites for hydroxylation is 1. The van der Waals surface area contributed by atoms with Gasteiger partial charge in [-0.25, -0.2) is 0 Å². The Balaban J connectivity index is 1.21. The van der Waals surface area contributed by atoms with Crippen molar-refractivity contribution in [2.24, 2.45) is 0 Å². The molecular weight excluding hydrogens is 408 g/mol. The Bertz CT molecular complexity index is 909. The molecule has 1 unspecified atom stereocenters. The molecule has 0 bridgehead atoms. The van der Waals surface area contributed by atoms with E-state index in [9.17, 15) is 0 Å².